The average Bonchev–Trinajstić information content (AvgIpc) is 3.09. The minimum absolute atomic E-state index is 0.0577. The van der Waals surface area contributed by atoms with Crippen molar-refractivity contribution in [2.24, 2.45) is 0 Å². The molecule has 0 aliphatic heterocycles. The van der Waals surface area contributed by atoms with Gasteiger partial charge in [-0.05, 0) is 24.6 Å². The summed E-state index contributed by atoms with van der Waals surface area (Å²) in [5, 5.41) is 11.6. The van der Waals surface area contributed by atoms with Crippen LogP contribution in [0.5, 0.6) is 0 Å². The third kappa shape index (κ3) is 3.89. The lowest BCUT2D eigenvalue weighted by atomic mass is 10.0. The average molecular weight is 438 g/mol. The van der Waals surface area contributed by atoms with Crippen LogP contribution in [0.15, 0.2) is 64.5 Å². The monoisotopic (exact) mass is 437 g/mol. The second-order valence-electron chi connectivity index (χ2n) is 6.47. The fourth-order valence-corrected chi connectivity index (χ4v) is 4.96. The van der Waals surface area contributed by atoms with Gasteiger partial charge in [0.05, 0.1) is 16.1 Å². The van der Waals surface area contributed by atoms with Gasteiger partial charge < -0.3 is 4.98 Å². The van der Waals surface area contributed by atoms with Crippen molar-refractivity contribution in [3.8, 4) is 11.1 Å². The van der Waals surface area contributed by atoms with Gasteiger partial charge in [-0.25, -0.2) is 4.98 Å². The molecule has 2 aromatic heterocycles. The lowest BCUT2D eigenvalue weighted by molar-refractivity contribution is -0.384. The van der Waals surface area contributed by atoms with Crippen molar-refractivity contribution < 1.29 is 9.72 Å². The number of nitro groups is 1. The van der Waals surface area contributed by atoms with Crippen molar-refractivity contribution in [1.82, 2.24) is 9.97 Å². The Kier molecular flexibility index (Phi) is 5.47. The van der Waals surface area contributed by atoms with Crippen LogP contribution in [0.3, 0.4) is 0 Å². The van der Waals surface area contributed by atoms with Crippen molar-refractivity contribution in [2.75, 3.05) is 5.75 Å². The van der Waals surface area contributed by atoms with Crippen LogP contribution in [0, 0.1) is 17.0 Å². The summed E-state index contributed by atoms with van der Waals surface area (Å²) in [6.07, 6.45) is 0. The number of benzene rings is 2. The molecule has 0 bridgehead atoms. The third-order valence-electron chi connectivity index (χ3n) is 4.52. The predicted octanol–water partition coefficient (Wildman–Crippen LogP) is 4.84. The van der Waals surface area contributed by atoms with Gasteiger partial charge in [-0.15, -0.1) is 11.3 Å². The molecule has 2 heterocycles. The smallest absolute Gasteiger partial charge is 0.269 e. The number of aromatic nitrogens is 2. The van der Waals surface area contributed by atoms with Crippen LogP contribution in [0.4, 0.5) is 5.69 Å². The number of hydrogen-bond donors (Lipinski definition) is 1. The van der Waals surface area contributed by atoms with Crippen molar-refractivity contribution in [3.05, 3.63) is 85.5 Å². The molecule has 0 spiro atoms. The number of H-pyrrole nitrogens is 1. The molecule has 1 N–H and O–H groups in total. The molecule has 0 aliphatic rings. The quantitative estimate of drug-likeness (QED) is 0.152. The summed E-state index contributed by atoms with van der Waals surface area (Å²) >= 11 is 2.57. The Labute approximate surface area is 179 Å². The molecule has 0 unspecified atom stereocenters. The summed E-state index contributed by atoms with van der Waals surface area (Å²) in [5.74, 6) is -0.146. The molecular weight excluding hydrogens is 422 g/mol. The van der Waals surface area contributed by atoms with Crippen molar-refractivity contribution in [3.63, 3.8) is 0 Å². The zero-order chi connectivity index (χ0) is 21.3. The molecule has 0 atom stereocenters. The summed E-state index contributed by atoms with van der Waals surface area (Å²) in [5.41, 5.74) is 1.89. The van der Waals surface area contributed by atoms with E-state index in [0.717, 1.165) is 27.8 Å². The Morgan fingerprint density at radius 3 is 2.53 bits per heavy atom. The minimum atomic E-state index is -0.514. The maximum Gasteiger partial charge on any atom is 0.269 e. The van der Waals surface area contributed by atoms with Crippen LogP contribution in [0.1, 0.15) is 15.2 Å². The molecule has 0 radical (unpaired) electrons. The van der Waals surface area contributed by atoms with E-state index < -0.39 is 4.92 Å². The van der Waals surface area contributed by atoms with Crippen LogP contribution in [0.2, 0.25) is 0 Å². The number of hydrogen-bond acceptors (Lipinski definition) is 7. The van der Waals surface area contributed by atoms with Gasteiger partial charge in [-0.2, -0.15) is 0 Å². The number of rotatable bonds is 6. The number of ketones is 1. The molecule has 0 saturated carbocycles. The number of aromatic amines is 1. The number of carbonyl (C=O) groups excluding carboxylic acids is 1. The first-order valence-corrected chi connectivity index (χ1v) is 10.7. The summed E-state index contributed by atoms with van der Waals surface area (Å²) in [4.78, 5) is 44.3. The second-order valence-corrected chi connectivity index (χ2v) is 8.63. The van der Waals surface area contributed by atoms with Crippen molar-refractivity contribution >= 4 is 44.8 Å². The molecule has 0 amide bonds. The normalized spacial score (nSPS) is 11.0. The summed E-state index contributed by atoms with van der Waals surface area (Å²) in [6, 6.07) is 15.1. The van der Waals surface area contributed by atoms with Crippen molar-refractivity contribution in [1.29, 1.82) is 0 Å². The fourth-order valence-electron chi connectivity index (χ4n) is 3.11. The van der Waals surface area contributed by atoms with Crippen LogP contribution < -0.4 is 5.56 Å². The highest BCUT2D eigenvalue weighted by Gasteiger charge is 2.17. The Morgan fingerprint density at radius 1 is 1.17 bits per heavy atom. The number of nitro benzene ring substituents is 1. The summed E-state index contributed by atoms with van der Waals surface area (Å²) in [6.45, 7) is 1.96. The second kappa shape index (κ2) is 8.21. The molecule has 2 aromatic carbocycles. The van der Waals surface area contributed by atoms with E-state index in [1.165, 1.54) is 35.6 Å². The molecule has 30 heavy (non-hydrogen) atoms. The molecular formula is C21H15N3O4S2. The Hall–Kier alpha value is -3.30. The van der Waals surface area contributed by atoms with Gasteiger partial charge in [0, 0.05) is 28.1 Å². The number of thiophene rings is 1. The van der Waals surface area contributed by atoms with Gasteiger partial charge in [0.2, 0.25) is 0 Å². The lowest BCUT2D eigenvalue weighted by Gasteiger charge is -2.03. The Morgan fingerprint density at radius 2 is 1.87 bits per heavy atom. The lowest BCUT2D eigenvalue weighted by Crippen LogP contribution is -2.10. The van der Waals surface area contributed by atoms with Crippen molar-refractivity contribution in [2.45, 2.75) is 12.1 Å². The highest BCUT2D eigenvalue weighted by molar-refractivity contribution is 7.99. The highest BCUT2D eigenvalue weighted by Crippen LogP contribution is 2.35. The summed E-state index contributed by atoms with van der Waals surface area (Å²) < 4.78 is 0. The van der Waals surface area contributed by atoms with Gasteiger partial charge in [-0.3, -0.25) is 19.7 Å². The molecule has 0 saturated heterocycles. The highest BCUT2D eigenvalue weighted by atomic mass is 32.2. The predicted molar refractivity (Wildman–Crippen MR) is 119 cm³/mol. The van der Waals surface area contributed by atoms with Crippen LogP contribution in [-0.2, 0) is 0 Å². The van der Waals surface area contributed by atoms with Crippen LogP contribution in [0.25, 0.3) is 21.3 Å². The van der Waals surface area contributed by atoms with E-state index in [1.807, 2.05) is 37.3 Å². The zero-order valence-electron chi connectivity index (χ0n) is 15.7. The third-order valence-corrected chi connectivity index (χ3v) is 6.39. The topological polar surface area (TPSA) is 106 Å². The van der Waals surface area contributed by atoms with E-state index in [9.17, 15) is 19.7 Å². The van der Waals surface area contributed by atoms with Gasteiger partial charge in [0.25, 0.3) is 11.2 Å². The number of aryl methyl sites for hydroxylation is 1. The standard InChI is InChI=1S/C21H15N3O4S2/c1-12-17(14-5-3-2-4-6-14)18-19(26)22-21(23-20(18)30-12)29-11-16(25)13-7-9-15(10-8-13)24(27)28/h2-10H,11H2,1H3,(H,22,23,26). The number of nitrogens with zero attached hydrogens (tertiary/aromatic N) is 2. The van der Waals surface area contributed by atoms with E-state index in [1.54, 1.807) is 0 Å². The first-order valence-electron chi connectivity index (χ1n) is 8.93. The van der Waals surface area contributed by atoms with Crippen LogP contribution >= 0.6 is 23.1 Å². The molecule has 9 heteroatoms. The molecule has 4 rings (SSSR count). The number of Topliss-reactive ketones (excluding diaryl/α,β-unsaturated/α-hetero) is 1. The van der Waals surface area contributed by atoms with E-state index in [0.29, 0.717) is 20.9 Å². The molecule has 7 nitrogen and oxygen atoms in total. The van der Waals surface area contributed by atoms with E-state index in [2.05, 4.69) is 9.97 Å². The number of carbonyl (C=O) groups is 1. The van der Waals surface area contributed by atoms with Gasteiger partial charge in [-0.1, -0.05) is 42.1 Å². The first-order chi connectivity index (χ1) is 14.4. The van der Waals surface area contributed by atoms with Crippen LogP contribution in [-0.4, -0.2) is 26.4 Å². The van der Waals surface area contributed by atoms with Gasteiger partial charge >= 0.3 is 0 Å². The first kappa shape index (κ1) is 20.0. The largest absolute Gasteiger partial charge is 0.301 e. The van der Waals surface area contributed by atoms with E-state index in [4.69, 9.17) is 0 Å². The van der Waals surface area contributed by atoms with E-state index >= 15 is 0 Å². The number of thioether (sulfide) groups is 1. The van der Waals surface area contributed by atoms with E-state index in [-0.39, 0.29) is 22.8 Å². The fraction of sp³-hybridized carbons (Fsp3) is 0.0952. The maximum absolute atomic E-state index is 12.8. The molecule has 150 valence electrons. The zero-order valence-corrected chi connectivity index (χ0v) is 17.4. The SMILES string of the molecule is Cc1sc2nc(SCC(=O)c3ccc([N+](=O)[O-])cc3)[nH]c(=O)c2c1-c1ccccc1. The summed E-state index contributed by atoms with van der Waals surface area (Å²) in [7, 11) is 0. The molecule has 0 aliphatic carbocycles. The maximum atomic E-state index is 12.8. The van der Waals surface area contributed by atoms with Gasteiger partial charge in [0.15, 0.2) is 10.9 Å². The number of non-ortho nitro benzene ring substituents is 1. The number of nitrogens with one attached hydrogen (secondary N) is 1. The Bertz CT molecular complexity index is 1310. The van der Waals surface area contributed by atoms with Gasteiger partial charge in [0.1, 0.15) is 4.83 Å². The minimum Gasteiger partial charge on any atom is -0.301 e. The molecule has 0 fully saturated rings. The number of fused-ring (bicyclic) bond motifs is 1. The molecule has 4 aromatic rings. The Balaban J connectivity index is 1.58.